The number of hydrogen-bond donors (Lipinski definition) is 1. The average molecular weight is 300 g/mol. The molecule has 1 amide bonds. The second kappa shape index (κ2) is 8.15. The molecule has 1 atom stereocenters. The minimum Gasteiger partial charge on any atom is -0.474 e. The summed E-state index contributed by atoms with van der Waals surface area (Å²) in [5, 5.41) is 13.4. The molecule has 8 heteroatoms. The molecule has 0 aliphatic rings. The molecular formula is C13H17FN2O5. The highest BCUT2D eigenvalue weighted by Crippen LogP contribution is 2.28. The number of methoxy groups -OCH3 is 1. The highest BCUT2D eigenvalue weighted by atomic mass is 19.1. The van der Waals surface area contributed by atoms with E-state index in [-0.39, 0.29) is 5.75 Å². The Morgan fingerprint density at radius 2 is 2.24 bits per heavy atom. The van der Waals surface area contributed by atoms with E-state index in [1.54, 1.807) is 7.11 Å². The fourth-order valence-electron chi connectivity index (χ4n) is 1.55. The van der Waals surface area contributed by atoms with Crippen molar-refractivity contribution in [2.45, 2.75) is 19.4 Å². The van der Waals surface area contributed by atoms with E-state index in [1.807, 2.05) is 0 Å². The van der Waals surface area contributed by atoms with Crippen molar-refractivity contribution in [1.29, 1.82) is 0 Å². The number of carbonyl (C=O) groups excluding carboxylic acids is 1. The second-order valence-electron chi connectivity index (χ2n) is 4.27. The lowest BCUT2D eigenvalue weighted by atomic mass is 10.2. The number of nitro benzene ring substituents is 1. The maximum Gasteiger partial charge on any atom is 0.311 e. The lowest BCUT2D eigenvalue weighted by molar-refractivity contribution is -0.386. The monoisotopic (exact) mass is 300 g/mol. The molecule has 0 radical (unpaired) electrons. The molecule has 0 aliphatic heterocycles. The summed E-state index contributed by atoms with van der Waals surface area (Å²) < 4.78 is 23.1. The van der Waals surface area contributed by atoms with Gasteiger partial charge in [-0.05, 0) is 19.4 Å². The average Bonchev–Trinajstić information content (AvgIpc) is 2.43. The van der Waals surface area contributed by atoms with Gasteiger partial charge < -0.3 is 14.8 Å². The van der Waals surface area contributed by atoms with Crippen LogP contribution >= 0.6 is 0 Å². The molecule has 116 valence electrons. The Morgan fingerprint density at radius 1 is 1.52 bits per heavy atom. The molecule has 1 unspecified atom stereocenters. The molecule has 1 rings (SSSR count). The summed E-state index contributed by atoms with van der Waals surface area (Å²) in [6.45, 7) is 2.33. The van der Waals surface area contributed by atoms with Gasteiger partial charge in [-0.2, -0.15) is 0 Å². The first kappa shape index (κ1) is 16.8. The molecule has 1 N–H and O–H groups in total. The molecule has 0 bridgehead atoms. The summed E-state index contributed by atoms with van der Waals surface area (Å²) in [6, 6.07) is 2.83. The van der Waals surface area contributed by atoms with Crippen LogP contribution in [0.4, 0.5) is 10.1 Å². The predicted molar refractivity (Wildman–Crippen MR) is 72.6 cm³/mol. The maximum atomic E-state index is 13.1. The SMILES string of the molecule is COCCCNC(=O)C(C)Oc1cc(F)ccc1[N+](=O)[O-]. The number of benzene rings is 1. The van der Waals surface area contributed by atoms with Crippen LogP contribution in [0.5, 0.6) is 5.75 Å². The van der Waals surface area contributed by atoms with Gasteiger partial charge in [-0.15, -0.1) is 0 Å². The molecule has 0 aliphatic carbocycles. The minimum atomic E-state index is -0.979. The topological polar surface area (TPSA) is 90.7 Å². The summed E-state index contributed by atoms with van der Waals surface area (Å²) in [6.07, 6.45) is -0.345. The van der Waals surface area contributed by atoms with Crippen molar-refractivity contribution in [2.24, 2.45) is 0 Å². The van der Waals surface area contributed by atoms with Crippen LogP contribution in [-0.2, 0) is 9.53 Å². The van der Waals surface area contributed by atoms with E-state index < -0.39 is 28.4 Å². The van der Waals surface area contributed by atoms with Gasteiger partial charge in [-0.1, -0.05) is 0 Å². The molecule has 21 heavy (non-hydrogen) atoms. The van der Waals surface area contributed by atoms with Crippen LogP contribution in [-0.4, -0.2) is 37.2 Å². The van der Waals surface area contributed by atoms with E-state index in [4.69, 9.17) is 9.47 Å². The maximum absolute atomic E-state index is 13.1. The van der Waals surface area contributed by atoms with Gasteiger partial charge in [0.05, 0.1) is 4.92 Å². The first-order chi connectivity index (χ1) is 9.95. The van der Waals surface area contributed by atoms with Crippen LogP contribution in [0, 0.1) is 15.9 Å². The zero-order chi connectivity index (χ0) is 15.8. The highest BCUT2D eigenvalue weighted by molar-refractivity contribution is 5.80. The van der Waals surface area contributed by atoms with Gasteiger partial charge in [-0.3, -0.25) is 14.9 Å². The molecule has 0 saturated carbocycles. The number of amides is 1. The number of ether oxygens (including phenoxy) is 2. The first-order valence-corrected chi connectivity index (χ1v) is 6.33. The molecular weight excluding hydrogens is 283 g/mol. The lowest BCUT2D eigenvalue weighted by Gasteiger charge is -2.14. The first-order valence-electron chi connectivity index (χ1n) is 6.33. The zero-order valence-corrected chi connectivity index (χ0v) is 11.8. The van der Waals surface area contributed by atoms with Gasteiger partial charge in [0.1, 0.15) is 5.82 Å². The lowest BCUT2D eigenvalue weighted by Crippen LogP contribution is -2.37. The van der Waals surface area contributed by atoms with Crippen LogP contribution in [0.2, 0.25) is 0 Å². The van der Waals surface area contributed by atoms with Gasteiger partial charge in [0, 0.05) is 32.4 Å². The number of carbonyl (C=O) groups is 1. The zero-order valence-electron chi connectivity index (χ0n) is 11.8. The Hall–Kier alpha value is -2.22. The molecule has 0 heterocycles. The van der Waals surface area contributed by atoms with Crippen molar-refractivity contribution >= 4 is 11.6 Å². The third-order valence-corrected chi connectivity index (χ3v) is 2.62. The second-order valence-corrected chi connectivity index (χ2v) is 4.27. The van der Waals surface area contributed by atoms with Crippen molar-refractivity contribution in [3.05, 3.63) is 34.1 Å². The van der Waals surface area contributed by atoms with Gasteiger partial charge in [-0.25, -0.2) is 4.39 Å². The Labute approximate surface area is 121 Å². The number of hydrogen-bond acceptors (Lipinski definition) is 5. The van der Waals surface area contributed by atoms with Crippen molar-refractivity contribution in [1.82, 2.24) is 5.32 Å². The predicted octanol–water partition coefficient (Wildman–Crippen LogP) is 1.65. The van der Waals surface area contributed by atoms with Crippen LogP contribution < -0.4 is 10.1 Å². The molecule has 0 aromatic heterocycles. The van der Waals surface area contributed by atoms with Crippen molar-refractivity contribution < 1.29 is 23.6 Å². The normalized spacial score (nSPS) is 11.8. The fourth-order valence-corrected chi connectivity index (χ4v) is 1.55. The number of nitrogens with zero attached hydrogens (tertiary/aromatic N) is 1. The van der Waals surface area contributed by atoms with Crippen LogP contribution in [0.15, 0.2) is 18.2 Å². The van der Waals surface area contributed by atoms with Gasteiger partial charge in [0.25, 0.3) is 5.91 Å². The molecule has 7 nitrogen and oxygen atoms in total. The standard InChI is InChI=1S/C13H17FN2O5/c1-9(13(17)15-6-3-7-20-2)21-12-8-10(14)4-5-11(12)16(18)19/h4-5,8-9H,3,6-7H2,1-2H3,(H,15,17). The number of halogens is 1. The van der Waals surface area contributed by atoms with Crippen LogP contribution in [0.1, 0.15) is 13.3 Å². The summed E-state index contributed by atoms with van der Waals surface area (Å²) in [5.41, 5.74) is -0.393. The summed E-state index contributed by atoms with van der Waals surface area (Å²) in [5.74, 6) is -1.40. The number of nitrogens with one attached hydrogen (secondary N) is 1. The van der Waals surface area contributed by atoms with Gasteiger partial charge in [0.2, 0.25) is 5.75 Å². The van der Waals surface area contributed by atoms with E-state index in [0.717, 1.165) is 18.2 Å². The Morgan fingerprint density at radius 3 is 2.86 bits per heavy atom. The van der Waals surface area contributed by atoms with Gasteiger partial charge in [0.15, 0.2) is 6.10 Å². The Kier molecular flexibility index (Phi) is 6.54. The molecule has 0 fully saturated rings. The molecule has 0 spiro atoms. The van der Waals surface area contributed by atoms with Crippen LogP contribution in [0.25, 0.3) is 0 Å². The summed E-state index contributed by atoms with van der Waals surface area (Å²) in [7, 11) is 1.55. The van der Waals surface area contributed by atoms with E-state index in [1.165, 1.54) is 6.92 Å². The molecule has 1 aromatic carbocycles. The van der Waals surface area contributed by atoms with Crippen molar-refractivity contribution in [3.63, 3.8) is 0 Å². The minimum absolute atomic E-state index is 0.278. The third kappa shape index (κ3) is 5.35. The quantitative estimate of drug-likeness (QED) is 0.448. The summed E-state index contributed by atoms with van der Waals surface area (Å²) in [4.78, 5) is 21.9. The van der Waals surface area contributed by atoms with E-state index >= 15 is 0 Å². The van der Waals surface area contributed by atoms with Crippen molar-refractivity contribution in [2.75, 3.05) is 20.3 Å². The van der Waals surface area contributed by atoms with E-state index in [2.05, 4.69) is 5.32 Å². The molecule has 0 saturated heterocycles. The van der Waals surface area contributed by atoms with Gasteiger partial charge >= 0.3 is 5.69 Å². The molecule has 1 aromatic rings. The highest BCUT2D eigenvalue weighted by Gasteiger charge is 2.21. The largest absolute Gasteiger partial charge is 0.474 e. The third-order valence-electron chi connectivity index (χ3n) is 2.62. The van der Waals surface area contributed by atoms with Crippen LogP contribution in [0.3, 0.4) is 0 Å². The van der Waals surface area contributed by atoms with E-state index in [0.29, 0.717) is 19.6 Å². The van der Waals surface area contributed by atoms with Crippen molar-refractivity contribution in [3.8, 4) is 5.75 Å². The fraction of sp³-hybridized carbons (Fsp3) is 0.462. The summed E-state index contributed by atoms with van der Waals surface area (Å²) >= 11 is 0. The number of rotatable bonds is 8. The Balaban J connectivity index is 2.65. The Bertz CT molecular complexity index is 509. The number of nitro groups is 1. The smallest absolute Gasteiger partial charge is 0.311 e. The van der Waals surface area contributed by atoms with E-state index in [9.17, 15) is 19.3 Å².